The second-order valence-corrected chi connectivity index (χ2v) is 6.78. The normalized spacial score (nSPS) is 25.5. The van der Waals surface area contributed by atoms with Gasteiger partial charge in [-0.1, -0.05) is 18.2 Å². The van der Waals surface area contributed by atoms with Crippen LogP contribution >= 0.6 is 0 Å². The quantitative estimate of drug-likeness (QED) is 0.483. The first kappa shape index (κ1) is 23.1. The zero-order chi connectivity index (χ0) is 22.3. The number of ether oxygens (including phenoxy) is 4. The Kier molecular flexibility index (Phi) is 8.16. The average Bonchev–Trinajstić information content (AvgIpc) is 2.64. The van der Waals surface area contributed by atoms with Crippen molar-refractivity contribution in [2.24, 2.45) is 0 Å². The van der Waals surface area contributed by atoms with Gasteiger partial charge >= 0.3 is 17.9 Å². The number of amides is 1. The smallest absolute Gasteiger partial charge is 0.303 e. The van der Waals surface area contributed by atoms with Crippen molar-refractivity contribution >= 4 is 29.5 Å². The van der Waals surface area contributed by atoms with Crippen LogP contribution in [-0.4, -0.2) is 61.0 Å². The first-order valence-electron chi connectivity index (χ1n) is 9.39. The molecular weight excluding hydrogens is 396 g/mol. The minimum atomic E-state index is -1.11. The van der Waals surface area contributed by atoms with Crippen LogP contribution in [0, 0.1) is 0 Å². The van der Waals surface area contributed by atoms with E-state index in [1.165, 1.54) is 27.7 Å². The summed E-state index contributed by atoms with van der Waals surface area (Å²) in [5.41, 5.74) is 0.677. The third kappa shape index (κ3) is 6.73. The molecule has 1 aromatic rings. The van der Waals surface area contributed by atoms with E-state index in [0.29, 0.717) is 5.69 Å². The molecule has 0 aliphatic carbocycles. The number of benzene rings is 1. The molecule has 5 unspecified atom stereocenters. The van der Waals surface area contributed by atoms with Gasteiger partial charge in [0.05, 0.1) is 0 Å². The first-order chi connectivity index (χ1) is 14.2. The summed E-state index contributed by atoms with van der Waals surface area (Å²) >= 11 is 0. The maximum absolute atomic E-state index is 11.9. The molecule has 0 radical (unpaired) electrons. The van der Waals surface area contributed by atoms with Crippen LogP contribution in [0.15, 0.2) is 30.3 Å². The number of esters is 3. The molecule has 1 fully saturated rings. The highest BCUT2D eigenvalue weighted by atomic mass is 16.6. The number of hydrogen-bond donors (Lipinski definition) is 2. The fourth-order valence-corrected chi connectivity index (χ4v) is 3.15. The summed E-state index contributed by atoms with van der Waals surface area (Å²) in [5.74, 6) is -2.25. The van der Waals surface area contributed by atoms with Crippen LogP contribution in [-0.2, 0) is 38.1 Å². The van der Waals surface area contributed by atoms with Crippen LogP contribution in [0.5, 0.6) is 0 Å². The summed E-state index contributed by atoms with van der Waals surface area (Å²) < 4.78 is 21.8. The molecule has 1 aliphatic heterocycles. The largest absolute Gasteiger partial charge is 0.463 e. The lowest BCUT2D eigenvalue weighted by atomic mass is 9.95. The van der Waals surface area contributed by atoms with E-state index in [1.54, 1.807) is 24.3 Å². The van der Waals surface area contributed by atoms with Crippen molar-refractivity contribution in [3.8, 4) is 0 Å². The van der Waals surface area contributed by atoms with E-state index >= 15 is 0 Å². The Balaban J connectivity index is 2.42. The van der Waals surface area contributed by atoms with Crippen LogP contribution in [0.3, 0.4) is 0 Å². The molecule has 2 N–H and O–H groups in total. The predicted octanol–water partition coefficient (Wildman–Crippen LogP) is 0.755. The van der Waals surface area contributed by atoms with Crippen molar-refractivity contribution < 1.29 is 38.1 Å². The average molecular weight is 422 g/mol. The van der Waals surface area contributed by atoms with Gasteiger partial charge in [-0.15, -0.1) is 0 Å². The van der Waals surface area contributed by atoms with E-state index in [9.17, 15) is 19.2 Å². The van der Waals surface area contributed by atoms with Gasteiger partial charge in [0, 0.05) is 33.4 Å². The Morgan fingerprint density at radius 2 is 1.50 bits per heavy atom. The molecule has 0 bridgehead atoms. The summed E-state index contributed by atoms with van der Waals surface area (Å²) in [7, 11) is 0. The summed E-state index contributed by atoms with van der Waals surface area (Å²) in [6.45, 7) is 4.68. The molecule has 5 atom stereocenters. The summed E-state index contributed by atoms with van der Waals surface area (Å²) in [6.07, 6.45) is -4.04. The van der Waals surface area contributed by atoms with Gasteiger partial charge in [0.25, 0.3) is 0 Å². The van der Waals surface area contributed by atoms with Crippen LogP contribution < -0.4 is 10.6 Å². The lowest BCUT2D eigenvalue weighted by Crippen LogP contribution is -2.67. The van der Waals surface area contributed by atoms with Crippen molar-refractivity contribution in [2.75, 3.05) is 11.9 Å². The highest BCUT2D eigenvalue weighted by Gasteiger charge is 2.50. The van der Waals surface area contributed by atoms with E-state index in [4.69, 9.17) is 18.9 Å². The molecule has 30 heavy (non-hydrogen) atoms. The van der Waals surface area contributed by atoms with Crippen molar-refractivity contribution in [3.63, 3.8) is 0 Å². The lowest BCUT2D eigenvalue weighted by Gasteiger charge is -2.45. The summed E-state index contributed by atoms with van der Waals surface area (Å²) in [6, 6.07) is 8.12. The fourth-order valence-electron chi connectivity index (χ4n) is 3.15. The van der Waals surface area contributed by atoms with Crippen molar-refractivity contribution in [2.45, 2.75) is 58.3 Å². The Labute approximate surface area is 174 Å². The minimum absolute atomic E-state index is 0.245. The highest BCUT2D eigenvalue weighted by Crippen LogP contribution is 2.28. The third-order valence-corrected chi connectivity index (χ3v) is 4.20. The topological polar surface area (TPSA) is 129 Å². The Morgan fingerprint density at radius 1 is 0.900 bits per heavy atom. The van der Waals surface area contributed by atoms with Crippen LogP contribution in [0.25, 0.3) is 0 Å². The molecule has 164 valence electrons. The Bertz CT molecular complexity index is 769. The van der Waals surface area contributed by atoms with E-state index in [0.717, 1.165) is 0 Å². The SMILES string of the molecule is CC(=O)NC1C(Nc2ccccc2)OC(COC(C)=O)C(OC(C)=O)C1OC(C)=O. The first-order valence-corrected chi connectivity index (χ1v) is 9.39. The fraction of sp³-hybridized carbons (Fsp3) is 0.500. The Morgan fingerprint density at radius 3 is 2.03 bits per heavy atom. The molecule has 1 saturated heterocycles. The van der Waals surface area contributed by atoms with E-state index in [1.807, 2.05) is 6.07 Å². The molecule has 10 nitrogen and oxygen atoms in total. The molecule has 0 spiro atoms. The summed E-state index contributed by atoms with van der Waals surface area (Å²) in [5, 5.41) is 5.82. The molecule has 1 aliphatic rings. The zero-order valence-corrected chi connectivity index (χ0v) is 17.2. The zero-order valence-electron chi connectivity index (χ0n) is 17.2. The second-order valence-electron chi connectivity index (χ2n) is 6.78. The number of anilines is 1. The maximum atomic E-state index is 11.9. The molecule has 2 rings (SSSR count). The minimum Gasteiger partial charge on any atom is -0.463 e. The maximum Gasteiger partial charge on any atom is 0.303 e. The van der Waals surface area contributed by atoms with Gasteiger partial charge in [0.15, 0.2) is 18.4 Å². The molecule has 0 saturated carbocycles. The van der Waals surface area contributed by atoms with Gasteiger partial charge in [-0.05, 0) is 12.1 Å². The third-order valence-electron chi connectivity index (χ3n) is 4.20. The number of carbonyl (C=O) groups is 4. The Hall–Kier alpha value is -3.14. The van der Waals surface area contributed by atoms with Gasteiger partial charge in [0.1, 0.15) is 18.8 Å². The van der Waals surface area contributed by atoms with Crippen LogP contribution in [0.2, 0.25) is 0 Å². The van der Waals surface area contributed by atoms with Gasteiger partial charge in [-0.3, -0.25) is 19.2 Å². The van der Waals surface area contributed by atoms with Gasteiger partial charge in [-0.25, -0.2) is 0 Å². The van der Waals surface area contributed by atoms with Gasteiger partial charge in [0.2, 0.25) is 5.91 Å². The molecule has 1 heterocycles. The number of nitrogens with one attached hydrogen (secondary N) is 2. The molecule has 0 aromatic heterocycles. The standard InChI is InChI=1S/C20H26N2O8/c1-11(23)21-17-19(29-14(4)26)18(28-13(3)25)16(10-27-12(2)24)30-20(17)22-15-8-6-5-7-9-15/h5-9,16-20,22H,10H2,1-4H3,(H,21,23). The molecule has 1 amide bonds. The monoisotopic (exact) mass is 422 g/mol. The van der Waals surface area contributed by atoms with Crippen molar-refractivity contribution in [1.82, 2.24) is 5.32 Å². The van der Waals surface area contributed by atoms with Crippen molar-refractivity contribution in [1.29, 1.82) is 0 Å². The van der Waals surface area contributed by atoms with Gasteiger partial charge in [-0.2, -0.15) is 0 Å². The molecule has 10 heteroatoms. The second kappa shape index (κ2) is 10.6. The highest BCUT2D eigenvalue weighted by molar-refractivity contribution is 5.74. The van der Waals surface area contributed by atoms with Crippen LogP contribution in [0.1, 0.15) is 27.7 Å². The van der Waals surface area contributed by atoms with E-state index in [-0.39, 0.29) is 6.61 Å². The van der Waals surface area contributed by atoms with Crippen molar-refractivity contribution in [3.05, 3.63) is 30.3 Å². The number of rotatable bonds is 7. The van der Waals surface area contributed by atoms with E-state index < -0.39 is 54.4 Å². The van der Waals surface area contributed by atoms with Gasteiger partial charge < -0.3 is 29.6 Å². The number of hydrogen-bond acceptors (Lipinski definition) is 9. The predicted molar refractivity (Wildman–Crippen MR) is 104 cm³/mol. The molecular formula is C20H26N2O8. The lowest BCUT2D eigenvalue weighted by molar-refractivity contribution is -0.219. The van der Waals surface area contributed by atoms with Crippen LogP contribution in [0.4, 0.5) is 5.69 Å². The summed E-state index contributed by atoms with van der Waals surface area (Å²) in [4.78, 5) is 46.7. The van der Waals surface area contributed by atoms with E-state index in [2.05, 4.69) is 10.6 Å². The molecule has 1 aromatic carbocycles. The number of para-hydroxylation sites is 1. The number of carbonyl (C=O) groups excluding carboxylic acids is 4.